The standard InChI is InChI=1S/C12H10Br2S/c1-8-2-4-9(5-3-8)11(14)12-10(13)6-7-15-12/h2-7,11H,1H3. The van der Waals surface area contributed by atoms with Crippen LogP contribution >= 0.6 is 43.2 Å². The van der Waals surface area contributed by atoms with Crippen molar-refractivity contribution in [2.45, 2.75) is 11.8 Å². The Kier molecular flexibility index (Phi) is 3.65. The summed E-state index contributed by atoms with van der Waals surface area (Å²) in [6.07, 6.45) is 0. The second-order valence-corrected chi connectivity index (χ2v) is 6.12. The quantitative estimate of drug-likeness (QED) is 0.647. The first-order chi connectivity index (χ1) is 7.18. The Labute approximate surface area is 111 Å². The molecule has 1 heterocycles. The Hall–Kier alpha value is -0.120. The topological polar surface area (TPSA) is 0 Å². The molecule has 0 bridgehead atoms. The highest BCUT2D eigenvalue weighted by molar-refractivity contribution is 9.11. The summed E-state index contributed by atoms with van der Waals surface area (Å²) in [4.78, 5) is 1.60. The molecular formula is C12H10Br2S. The third kappa shape index (κ3) is 2.52. The fourth-order valence-corrected chi connectivity index (χ4v) is 4.16. The molecule has 0 nitrogen and oxygen atoms in total. The number of hydrogen-bond donors (Lipinski definition) is 0. The van der Waals surface area contributed by atoms with Crippen molar-refractivity contribution in [3.63, 3.8) is 0 Å². The molecule has 0 aliphatic heterocycles. The maximum absolute atomic E-state index is 3.73. The van der Waals surface area contributed by atoms with Gasteiger partial charge in [0, 0.05) is 9.35 Å². The monoisotopic (exact) mass is 344 g/mol. The molecule has 3 heteroatoms. The van der Waals surface area contributed by atoms with Gasteiger partial charge in [-0.2, -0.15) is 0 Å². The van der Waals surface area contributed by atoms with E-state index in [0.717, 1.165) is 0 Å². The van der Waals surface area contributed by atoms with E-state index in [4.69, 9.17) is 0 Å². The molecule has 0 aliphatic rings. The number of aryl methyl sites for hydroxylation is 1. The Morgan fingerprint density at radius 2 is 1.80 bits per heavy atom. The van der Waals surface area contributed by atoms with Crippen LogP contribution in [0, 0.1) is 6.92 Å². The lowest BCUT2D eigenvalue weighted by molar-refractivity contribution is 1.21. The average molecular weight is 346 g/mol. The van der Waals surface area contributed by atoms with Gasteiger partial charge in [-0.1, -0.05) is 45.8 Å². The summed E-state index contributed by atoms with van der Waals surface area (Å²) in [7, 11) is 0. The number of halogens is 2. The normalized spacial score (nSPS) is 12.7. The minimum absolute atomic E-state index is 0.285. The number of benzene rings is 1. The maximum atomic E-state index is 3.73. The lowest BCUT2D eigenvalue weighted by atomic mass is 10.1. The number of hydrogen-bond acceptors (Lipinski definition) is 1. The second kappa shape index (κ2) is 4.81. The summed E-state index contributed by atoms with van der Waals surface area (Å²) in [6.45, 7) is 2.11. The minimum atomic E-state index is 0.285. The van der Waals surface area contributed by atoms with Gasteiger partial charge in [-0.3, -0.25) is 0 Å². The van der Waals surface area contributed by atoms with Gasteiger partial charge in [-0.05, 0) is 39.9 Å². The summed E-state index contributed by atoms with van der Waals surface area (Å²) in [6, 6.07) is 10.7. The molecule has 78 valence electrons. The van der Waals surface area contributed by atoms with Gasteiger partial charge >= 0.3 is 0 Å². The molecule has 0 saturated carbocycles. The predicted molar refractivity (Wildman–Crippen MR) is 74.0 cm³/mol. The van der Waals surface area contributed by atoms with E-state index in [9.17, 15) is 0 Å². The van der Waals surface area contributed by atoms with E-state index in [1.807, 2.05) is 0 Å². The first-order valence-corrected chi connectivity index (χ1v) is 7.21. The molecule has 0 amide bonds. The summed E-state index contributed by atoms with van der Waals surface area (Å²) in [5.41, 5.74) is 2.59. The van der Waals surface area contributed by atoms with E-state index < -0.39 is 0 Å². The first-order valence-electron chi connectivity index (χ1n) is 4.62. The molecule has 0 aliphatic carbocycles. The van der Waals surface area contributed by atoms with E-state index >= 15 is 0 Å². The van der Waals surface area contributed by atoms with Crippen LogP contribution in [-0.4, -0.2) is 0 Å². The molecule has 0 spiro atoms. The van der Waals surface area contributed by atoms with Crippen LogP contribution < -0.4 is 0 Å². The Bertz CT molecular complexity index is 445. The zero-order chi connectivity index (χ0) is 10.8. The third-order valence-electron chi connectivity index (χ3n) is 2.24. The summed E-state index contributed by atoms with van der Waals surface area (Å²) in [5, 5.41) is 2.10. The molecule has 0 N–H and O–H groups in total. The lowest BCUT2D eigenvalue weighted by Gasteiger charge is -2.09. The highest BCUT2D eigenvalue weighted by Crippen LogP contribution is 2.38. The SMILES string of the molecule is Cc1ccc(C(Br)c2sccc2Br)cc1. The van der Waals surface area contributed by atoms with Crippen LogP contribution in [-0.2, 0) is 0 Å². The maximum Gasteiger partial charge on any atom is 0.0749 e. The highest BCUT2D eigenvalue weighted by atomic mass is 79.9. The van der Waals surface area contributed by atoms with Gasteiger partial charge in [0.1, 0.15) is 0 Å². The van der Waals surface area contributed by atoms with E-state index in [1.165, 1.54) is 20.5 Å². The lowest BCUT2D eigenvalue weighted by Crippen LogP contribution is -1.90. The molecule has 0 saturated heterocycles. The van der Waals surface area contributed by atoms with Gasteiger partial charge in [0.2, 0.25) is 0 Å². The van der Waals surface area contributed by atoms with Crippen LogP contribution in [0.1, 0.15) is 20.8 Å². The molecule has 1 aromatic heterocycles. The molecule has 1 atom stereocenters. The van der Waals surface area contributed by atoms with Crippen molar-refractivity contribution in [3.05, 3.63) is 56.2 Å². The van der Waals surface area contributed by atoms with Gasteiger partial charge in [0.15, 0.2) is 0 Å². The minimum Gasteiger partial charge on any atom is -0.146 e. The molecule has 0 radical (unpaired) electrons. The fraction of sp³-hybridized carbons (Fsp3) is 0.167. The van der Waals surface area contributed by atoms with Crippen molar-refractivity contribution in [2.24, 2.45) is 0 Å². The Balaban J connectivity index is 2.32. The van der Waals surface area contributed by atoms with Crippen LogP contribution in [0.4, 0.5) is 0 Å². The second-order valence-electron chi connectivity index (χ2n) is 3.41. The van der Waals surface area contributed by atoms with Gasteiger partial charge in [0.25, 0.3) is 0 Å². The number of alkyl halides is 1. The summed E-state index contributed by atoms with van der Waals surface area (Å²) in [5.74, 6) is 0. The number of rotatable bonds is 2. The van der Waals surface area contributed by atoms with Crippen molar-refractivity contribution >= 4 is 43.2 Å². The van der Waals surface area contributed by atoms with E-state index in [0.29, 0.717) is 0 Å². The highest BCUT2D eigenvalue weighted by Gasteiger charge is 2.14. The van der Waals surface area contributed by atoms with E-state index in [2.05, 4.69) is 74.5 Å². The zero-order valence-electron chi connectivity index (χ0n) is 8.21. The third-order valence-corrected chi connectivity index (χ3v) is 5.47. The smallest absolute Gasteiger partial charge is 0.0749 e. The number of thiophene rings is 1. The van der Waals surface area contributed by atoms with Crippen LogP contribution in [0.3, 0.4) is 0 Å². The van der Waals surface area contributed by atoms with Crippen LogP contribution in [0.2, 0.25) is 0 Å². The molecule has 15 heavy (non-hydrogen) atoms. The Morgan fingerprint density at radius 3 is 2.33 bits per heavy atom. The van der Waals surface area contributed by atoms with Crippen molar-refractivity contribution in [1.29, 1.82) is 0 Å². The van der Waals surface area contributed by atoms with Gasteiger partial charge in [0.05, 0.1) is 4.83 Å². The molecule has 0 fully saturated rings. The summed E-state index contributed by atoms with van der Waals surface area (Å²) >= 11 is 9.05. The molecule has 2 rings (SSSR count). The fourth-order valence-electron chi connectivity index (χ4n) is 1.37. The predicted octanol–water partition coefficient (Wildman–Crippen LogP) is 5.30. The van der Waals surface area contributed by atoms with Gasteiger partial charge in [-0.15, -0.1) is 11.3 Å². The summed E-state index contributed by atoms with van der Waals surface area (Å²) < 4.78 is 1.18. The van der Waals surface area contributed by atoms with Crippen LogP contribution in [0.25, 0.3) is 0 Å². The van der Waals surface area contributed by atoms with Crippen molar-refractivity contribution in [2.75, 3.05) is 0 Å². The largest absolute Gasteiger partial charge is 0.146 e. The first kappa shape index (κ1) is 11.4. The molecule has 2 aromatic rings. The zero-order valence-corrected chi connectivity index (χ0v) is 12.2. The molecule has 1 unspecified atom stereocenters. The average Bonchev–Trinajstić information content (AvgIpc) is 2.65. The van der Waals surface area contributed by atoms with Crippen molar-refractivity contribution in [3.8, 4) is 0 Å². The van der Waals surface area contributed by atoms with E-state index in [-0.39, 0.29) is 4.83 Å². The van der Waals surface area contributed by atoms with Gasteiger partial charge < -0.3 is 0 Å². The van der Waals surface area contributed by atoms with Crippen molar-refractivity contribution in [1.82, 2.24) is 0 Å². The van der Waals surface area contributed by atoms with Crippen LogP contribution in [0.15, 0.2) is 40.2 Å². The Morgan fingerprint density at radius 1 is 1.13 bits per heavy atom. The molecular weight excluding hydrogens is 336 g/mol. The van der Waals surface area contributed by atoms with Crippen molar-refractivity contribution < 1.29 is 0 Å². The van der Waals surface area contributed by atoms with Crippen LogP contribution in [0.5, 0.6) is 0 Å². The molecule has 1 aromatic carbocycles. The van der Waals surface area contributed by atoms with Gasteiger partial charge in [-0.25, -0.2) is 0 Å². The van der Waals surface area contributed by atoms with E-state index in [1.54, 1.807) is 11.3 Å².